The fourth-order valence-corrected chi connectivity index (χ4v) is 6.02. The standard InChI is InChI=1S/C37H51NO11/c1-8-30(40)25(5)35-31(48-35)20-22(2)10-9-11-23(3)34-24(4)12-17-32(46-26(6)39)37(7,43)19-18-27(21-33(41)49-34)36(42)47-29-15-13-28(14-16-29)38(44)45/h9-17,22,24-25,27,30-32,34-35,40,43H,8,18-21H2,1-7H3/b10-9+,17-12-,23-11+. The zero-order valence-electron chi connectivity index (χ0n) is 29.4. The molecule has 1 aromatic carbocycles. The van der Waals surface area contributed by atoms with Gasteiger partial charge in [0, 0.05) is 30.9 Å². The number of carbonyl (C=O) groups excluding carboxylic acids is 3. The Bertz CT molecular complexity index is 1400. The summed E-state index contributed by atoms with van der Waals surface area (Å²) in [5.74, 6) is -3.12. The van der Waals surface area contributed by atoms with Crippen LogP contribution in [-0.4, -0.2) is 69.2 Å². The number of aliphatic hydroxyl groups is 2. The highest BCUT2D eigenvalue weighted by atomic mass is 16.6. The molecule has 12 nitrogen and oxygen atoms in total. The van der Waals surface area contributed by atoms with Gasteiger partial charge in [0.2, 0.25) is 0 Å². The molecule has 2 aliphatic heterocycles. The van der Waals surface area contributed by atoms with Crippen LogP contribution in [0.25, 0.3) is 0 Å². The van der Waals surface area contributed by atoms with Crippen LogP contribution in [0.4, 0.5) is 5.69 Å². The number of nitro benzene ring substituents is 1. The minimum atomic E-state index is -1.59. The predicted octanol–water partition coefficient (Wildman–Crippen LogP) is 5.79. The molecule has 1 aromatic rings. The van der Waals surface area contributed by atoms with Gasteiger partial charge in [-0.15, -0.1) is 0 Å². The Morgan fingerprint density at radius 1 is 1.18 bits per heavy atom. The second kappa shape index (κ2) is 17.7. The van der Waals surface area contributed by atoms with E-state index < -0.39 is 52.5 Å². The number of esters is 3. The maximum atomic E-state index is 13.3. The van der Waals surface area contributed by atoms with Crippen LogP contribution in [0.5, 0.6) is 5.75 Å². The normalized spacial score (nSPS) is 30.6. The second-order valence-electron chi connectivity index (χ2n) is 13.6. The van der Waals surface area contributed by atoms with Crippen LogP contribution in [0.3, 0.4) is 0 Å². The topological polar surface area (TPSA) is 175 Å². The molecule has 49 heavy (non-hydrogen) atoms. The number of ether oxygens (including phenoxy) is 4. The molecule has 270 valence electrons. The molecule has 2 N–H and O–H groups in total. The van der Waals surface area contributed by atoms with Crippen molar-refractivity contribution in [2.24, 2.45) is 23.7 Å². The number of non-ortho nitro benzene ring substituents is 1. The maximum absolute atomic E-state index is 13.3. The van der Waals surface area contributed by atoms with Crippen molar-refractivity contribution in [3.8, 4) is 5.75 Å². The highest BCUT2D eigenvalue weighted by Gasteiger charge is 2.45. The third kappa shape index (κ3) is 11.9. The minimum absolute atomic E-state index is 0.00304. The highest BCUT2D eigenvalue weighted by molar-refractivity contribution is 5.81. The van der Waals surface area contributed by atoms with Crippen molar-refractivity contribution in [1.82, 2.24) is 0 Å². The molecular formula is C37H51NO11. The molecule has 0 aromatic heterocycles. The van der Waals surface area contributed by atoms with Gasteiger partial charge in [-0.2, -0.15) is 0 Å². The van der Waals surface area contributed by atoms with Crippen LogP contribution >= 0.6 is 0 Å². The Labute approximate surface area is 288 Å². The summed E-state index contributed by atoms with van der Waals surface area (Å²) < 4.78 is 22.7. The van der Waals surface area contributed by atoms with Gasteiger partial charge in [0.1, 0.15) is 23.6 Å². The third-order valence-electron chi connectivity index (χ3n) is 9.26. The van der Waals surface area contributed by atoms with Gasteiger partial charge < -0.3 is 29.2 Å². The lowest BCUT2D eigenvalue weighted by molar-refractivity contribution is -0.384. The smallest absolute Gasteiger partial charge is 0.314 e. The van der Waals surface area contributed by atoms with E-state index in [1.807, 2.05) is 45.9 Å². The molecule has 12 heteroatoms. The van der Waals surface area contributed by atoms with Crippen molar-refractivity contribution in [2.75, 3.05) is 0 Å². The summed E-state index contributed by atoms with van der Waals surface area (Å²) in [5, 5.41) is 32.5. The molecule has 0 amide bonds. The van der Waals surface area contributed by atoms with Crippen LogP contribution < -0.4 is 4.74 Å². The first-order valence-corrected chi connectivity index (χ1v) is 16.9. The average Bonchev–Trinajstić information content (AvgIpc) is 3.80. The molecule has 0 bridgehead atoms. The van der Waals surface area contributed by atoms with E-state index in [9.17, 15) is 34.7 Å². The number of cyclic esters (lactones) is 1. The number of benzene rings is 1. The first kappa shape index (κ1) is 39.6. The van der Waals surface area contributed by atoms with Crippen molar-refractivity contribution < 1.29 is 48.5 Å². The Hall–Kier alpha value is -3.87. The van der Waals surface area contributed by atoms with Crippen LogP contribution in [-0.2, 0) is 28.6 Å². The van der Waals surface area contributed by atoms with Crippen molar-refractivity contribution >= 4 is 23.6 Å². The lowest BCUT2D eigenvalue weighted by Gasteiger charge is -2.33. The molecule has 0 radical (unpaired) electrons. The van der Waals surface area contributed by atoms with E-state index in [1.165, 1.54) is 38.1 Å². The fourth-order valence-electron chi connectivity index (χ4n) is 6.02. The molecule has 2 aliphatic rings. The zero-order chi connectivity index (χ0) is 36.5. The molecule has 0 spiro atoms. The summed E-state index contributed by atoms with van der Waals surface area (Å²) in [7, 11) is 0. The Balaban J connectivity index is 1.80. The van der Waals surface area contributed by atoms with Gasteiger partial charge in [0.05, 0.1) is 35.6 Å². The van der Waals surface area contributed by atoms with Gasteiger partial charge in [0.25, 0.3) is 5.69 Å². The van der Waals surface area contributed by atoms with Gasteiger partial charge in [-0.05, 0) is 69.2 Å². The number of epoxide rings is 1. The number of allylic oxidation sites excluding steroid dienone is 3. The van der Waals surface area contributed by atoms with E-state index in [4.69, 9.17) is 18.9 Å². The van der Waals surface area contributed by atoms with Crippen molar-refractivity contribution in [3.63, 3.8) is 0 Å². The van der Waals surface area contributed by atoms with E-state index in [0.717, 1.165) is 12.0 Å². The third-order valence-corrected chi connectivity index (χ3v) is 9.26. The Kier molecular flexibility index (Phi) is 14.3. The van der Waals surface area contributed by atoms with E-state index >= 15 is 0 Å². The largest absolute Gasteiger partial charge is 0.457 e. The Morgan fingerprint density at radius 2 is 1.86 bits per heavy atom. The summed E-state index contributed by atoms with van der Waals surface area (Å²) in [6.07, 6.45) is 8.21. The van der Waals surface area contributed by atoms with Crippen LogP contribution in [0.2, 0.25) is 0 Å². The minimum Gasteiger partial charge on any atom is -0.457 e. The molecule has 1 saturated heterocycles. The van der Waals surface area contributed by atoms with E-state index in [-0.39, 0.29) is 60.8 Å². The van der Waals surface area contributed by atoms with Crippen LogP contribution in [0.1, 0.15) is 80.6 Å². The van der Waals surface area contributed by atoms with Crippen LogP contribution in [0, 0.1) is 33.8 Å². The van der Waals surface area contributed by atoms with Crippen molar-refractivity contribution in [2.45, 2.75) is 117 Å². The van der Waals surface area contributed by atoms with E-state index in [2.05, 4.69) is 6.92 Å². The number of hydrogen-bond acceptors (Lipinski definition) is 11. The van der Waals surface area contributed by atoms with Crippen molar-refractivity contribution in [3.05, 3.63) is 70.3 Å². The molecule has 0 aliphatic carbocycles. The number of aliphatic hydroxyl groups excluding tert-OH is 1. The zero-order valence-corrected chi connectivity index (χ0v) is 29.4. The lowest BCUT2D eigenvalue weighted by atomic mass is 9.86. The number of nitro groups is 1. The SMILES string of the molecule is CCC(O)C(C)C1OC1CC(C)/C=C/C=C(\C)C1OC(=O)CC(C(=O)Oc2ccc([N+](=O)[O-])cc2)CCC(C)(O)C(OC(C)=O)/C=C\C1C. The van der Waals surface area contributed by atoms with E-state index in [0.29, 0.717) is 6.42 Å². The average molecular weight is 686 g/mol. The first-order chi connectivity index (χ1) is 23.0. The fraction of sp³-hybridized carbons (Fsp3) is 0.595. The summed E-state index contributed by atoms with van der Waals surface area (Å²) in [5.41, 5.74) is -1.04. The molecule has 3 rings (SSSR count). The molecular weight excluding hydrogens is 634 g/mol. The van der Waals surface area contributed by atoms with Gasteiger partial charge in [-0.3, -0.25) is 24.5 Å². The van der Waals surface area contributed by atoms with Gasteiger partial charge in [-0.1, -0.05) is 52.0 Å². The van der Waals surface area contributed by atoms with Crippen LogP contribution in [0.15, 0.2) is 60.2 Å². The van der Waals surface area contributed by atoms with E-state index in [1.54, 1.807) is 12.2 Å². The molecule has 0 saturated carbocycles. The quantitative estimate of drug-likeness (QED) is 0.0518. The maximum Gasteiger partial charge on any atom is 0.314 e. The molecule has 1 fully saturated rings. The predicted molar refractivity (Wildman–Crippen MR) is 181 cm³/mol. The second-order valence-corrected chi connectivity index (χ2v) is 13.6. The summed E-state index contributed by atoms with van der Waals surface area (Å²) >= 11 is 0. The number of carbonyl (C=O) groups is 3. The summed E-state index contributed by atoms with van der Waals surface area (Å²) in [6, 6.07) is 4.97. The summed E-state index contributed by atoms with van der Waals surface area (Å²) in [6.45, 7) is 12.4. The monoisotopic (exact) mass is 685 g/mol. The Morgan fingerprint density at radius 3 is 2.47 bits per heavy atom. The van der Waals surface area contributed by atoms with Gasteiger partial charge in [-0.25, -0.2) is 0 Å². The number of hydrogen-bond donors (Lipinski definition) is 2. The van der Waals surface area contributed by atoms with Crippen molar-refractivity contribution in [1.29, 1.82) is 0 Å². The summed E-state index contributed by atoms with van der Waals surface area (Å²) in [4.78, 5) is 49.0. The lowest BCUT2D eigenvalue weighted by Crippen LogP contribution is -2.42. The first-order valence-electron chi connectivity index (χ1n) is 16.9. The molecule has 10 atom stereocenters. The highest BCUT2D eigenvalue weighted by Crippen LogP contribution is 2.36. The molecule has 10 unspecified atom stereocenters. The molecule has 2 heterocycles. The number of nitrogens with zero attached hydrogens (tertiary/aromatic N) is 1. The number of rotatable bonds is 12. The van der Waals surface area contributed by atoms with Gasteiger partial charge in [0.15, 0.2) is 0 Å². The van der Waals surface area contributed by atoms with Gasteiger partial charge >= 0.3 is 17.9 Å².